The van der Waals surface area contributed by atoms with Gasteiger partial charge in [0.25, 0.3) is 0 Å². The molecule has 0 amide bonds. The van der Waals surface area contributed by atoms with Crippen molar-refractivity contribution < 1.29 is 9.47 Å². The average Bonchev–Trinajstić information content (AvgIpc) is 2.26. The summed E-state index contributed by atoms with van der Waals surface area (Å²) >= 11 is 0. The highest BCUT2D eigenvalue weighted by Gasteiger charge is 2.08. The van der Waals surface area contributed by atoms with Gasteiger partial charge in [-0.05, 0) is 30.7 Å². The van der Waals surface area contributed by atoms with E-state index in [2.05, 4.69) is 0 Å². The molecule has 0 heterocycles. The molecule has 0 aliphatic carbocycles. The molecule has 1 aromatic rings. The summed E-state index contributed by atoms with van der Waals surface area (Å²) in [5.41, 5.74) is 6.63. The Bertz CT molecular complexity index is 264. The molecule has 0 saturated heterocycles. The van der Waals surface area contributed by atoms with E-state index in [0.29, 0.717) is 6.54 Å². The first kappa shape index (κ1) is 14.2. The van der Waals surface area contributed by atoms with Crippen molar-refractivity contribution in [2.24, 2.45) is 5.73 Å². The third-order valence-corrected chi connectivity index (χ3v) is 2.20. The highest BCUT2D eigenvalue weighted by atomic mass is 35.5. The van der Waals surface area contributed by atoms with Gasteiger partial charge in [-0.2, -0.15) is 0 Å². The molecule has 0 fully saturated rings. The molecule has 4 heteroatoms. The summed E-state index contributed by atoms with van der Waals surface area (Å²) in [4.78, 5) is 0. The Labute approximate surface area is 97.0 Å². The summed E-state index contributed by atoms with van der Waals surface area (Å²) < 4.78 is 10.4. The topological polar surface area (TPSA) is 44.5 Å². The second-order valence-corrected chi connectivity index (χ2v) is 3.07. The lowest BCUT2D eigenvalue weighted by Gasteiger charge is -2.14. The zero-order valence-electron chi connectivity index (χ0n) is 9.10. The Kier molecular flexibility index (Phi) is 7.13. The summed E-state index contributed by atoms with van der Waals surface area (Å²) in [5, 5.41) is 0. The van der Waals surface area contributed by atoms with Gasteiger partial charge in [-0.1, -0.05) is 12.1 Å². The summed E-state index contributed by atoms with van der Waals surface area (Å²) in [6.07, 6.45) is 0.925. The molecule has 3 nitrogen and oxygen atoms in total. The van der Waals surface area contributed by atoms with Gasteiger partial charge in [0.05, 0.1) is 13.2 Å². The molecular formula is C11H18ClNO2. The van der Waals surface area contributed by atoms with E-state index in [0.717, 1.165) is 17.7 Å². The van der Waals surface area contributed by atoms with E-state index in [-0.39, 0.29) is 18.5 Å². The molecule has 15 heavy (non-hydrogen) atoms. The Morgan fingerprint density at radius 3 is 2.20 bits per heavy atom. The molecule has 1 aromatic carbocycles. The average molecular weight is 232 g/mol. The number of rotatable bonds is 5. The number of benzene rings is 1. The third kappa shape index (κ3) is 4.08. The van der Waals surface area contributed by atoms with E-state index in [1.54, 1.807) is 14.2 Å². The van der Waals surface area contributed by atoms with Gasteiger partial charge < -0.3 is 15.2 Å². The molecule has 0 saturated carbocycles. The SMILES string of the molecule is COc1ccc(C(CCN)OC)cc1.Cl. The second-order valence-electron chi connectivity index (χ2n) is 3.07. The highest BCUT2D eigenvalue weighted by Crippen LogP contribution is 2.22. The molecule has 0 bridgehead atoms. The van der Waals surface area contributed by atoms with Crippen LogP contribution in [0.3, 0.4) is 0 Å². The van der Waals surface area contributed by atoms with Crippen molar-refractivity contribution in [2.75, 3.05) is 20.8 Å². The van der Waals surface area contributed by atoms with Crippen molar-refractivity contribution in [3.8, 4) is 5.75 Å². The van der Waals surface area contributed by atoms with Crippen LogP contribution in [-0.4, -0.2) is 20.8 Å². The molecule has 86 valence electrons. The van der Waals surface area contributed by atoms with E-state index >= 15 is 0 Å². The molecule has 0 aromatic heterocycles. The smallest absolute Gasteiger partial charge is 0.118 e. The van der Waals surface area contributed by atoms with Crippen LogP contribution in [0, 0.1) is 0 Å². The number of hydrogen-bond donors (Lipinski definition) is 1. The van der Waals surface area contributed by atoms with E-state index in [9.17, 15) is 0 Å². The standard InChI is InChI=1S/C11H17NO2.ClH/c1-13-10-5-3-9(4-6-10)11(14-2)7-8-12;/h3-6,11H,7-8,12H2,1-2H3;1H. The quantitative estimate of drug-likeness (QED) is 0.845. The van der Waals surface area contributed by atoms with Gasteiger partial charge in [0, 0.05) is 7.11 Å². The van der Waals surface area contributed by atoms with Gasteiger partial charge in [0.15, 0.2) is 0 Å². The Morgan fingerprint density at radius 1 is 1.20 bits per heavy atom. The summed E-state index contributed by atoms with van der Waals surface area (Å²) in [6, 6.07) is 7.86. The predicted molar refractivity (Wildman–Crippen MR) is 63.7 cm³/mol. The maximum atomic E-state index is 5.49. The molecule has 1 atom stereocenters. The Hall–Kier alpha value is -0.770. The van der Waals surface area contributed by atoms with Crippen molar-refractivity contribution in [3.63, 3.8) is 0 Å². The van der Waals surface area contributed by atoms with Crippen LogP contribution in [0.4, 0.5) is 0 Å². The summed E-state index contributed by atoms with van der Waals surface area (Å²) in [5.74, 6) is 0.858. The monoisotopic (exact) mass is 231 g/mol. The van der Waals surface area contributed by atoms with Crippen molar-refractivity contribution >= 4 is 12.4 Å². The lowest BCUT2D eigenvalue weighted by atomic mass is 10.1. The third-order valence-electron chi connectivity index (χ3n) is 2.20. The molecule has 0 aliphatic heterocycles. The largest absolute Gasteiger partial charge is 0.497 e. The number of methoxy groups -OCH3 is 2. The number of halogens is 1. The molecule has 0 aliphatic rings. The minimum atomic E-state index is 0. The first-order chi connectivity index (χ1) is 6.81. The van der Waals surface area contributed by atoms with Gasteiger partial charge in [-0.25, -0.2) is 0 Å². The van der Waals surface area contributed by atoms with Crippen LogP contribution in [0.2, 0.25) is 0 Å². The molecule has 1 rings (SSSR count). The zero-order chi connectivity index (χ0) is 10.4. The first-order valence-corrected chi connectivity index (χ1v) is 4.68. The van der Waals surface area contributed by atoms with Crippen molar-refractivity contribution in [2.45, 2.75) is 12.5 Å². The number of ether oxygens (including phenoxy) is 2. The first-order valence-electron chi connectivity index (χ1n) is 4.68. The van der Waals surface area contributed by atoms with E-state index in [1.807, 2.05) is 24.3 Å². The van der Waals surface area contributed by atoms with Gasteiger partial charge in [0.1, 0.15) is 5.75 Å². The van der Waals surface area contributed by atoms with Crippen molar-refractivity contribution in [1.29, 1.82) is 0 Å². The van der Waals surface area contributed by atoms with Crippen LogP contribution in [0.1, 0.15) is 18.1 Å². The molecular weight excluding hydrogens is 214 g/mol. The lowest BCUT2D eigenvalue weighted by molar-refractivity contribution is 0.0977. The van der Waals surface area contributed by atoms with Gasteiger partial charge in [-0.3, -0.25) is 0 Å². The predicted octanol–water partition coefficient (Wildman–Crippen LogP) is 2.15. The highest BCUT2D eigenvalue weighted by molar-refractivity contribution is 5.85. The van der Waals surface area contributed by atoms with Crippen LogP contribution in [0.5, 0.6) is 5.75 Å². The Balaban J connectivity index is 0.00000196. The van der Waals surface area contributed by atoms with E-state index in [4.69, 9.17) is 15.2 Å². The molecule has 1 unspecified atom stereocenters. The van der Waals surface area contributed by atoms with Crippen LogP contribution >= 0.6 is 12.4 Å². The van der Waals surface area contributed by atoms with Crippen molar-refractivity contribution in [3.05, 3.63) is 29.8 Å². The maximum Gasteiger partial charge on any atom is 0.118 e. The second kappa shape index (κ2) is 7.51. The Morgan fingerprint density at radius 2 is 1.80 bits per heavy atom. The normalized spacial score (nSPS) is 11.7. The molecule has 0 radical (unpaired) electrons. The summed E-state index contributed by atoms with van der Waals surface area (Å²) in [6.45, 7) is 0.629. The van der Waals surface area contributed by atoms with Gasteiger partial charge in [-0.15, -0.1) is 12.4 Å². The maximum absolute atomic E-state index is 5.49. The summed E-state index contributed by atoms with van der Waals surface area (Å²) in [7, 11) is 3.35. The fourth-order valence-electron chi connectivity index (χ4n) is 1.39. The fourth-order valence-corrected chi connectivity index (χ4v) is 1.39. The van der Waals surface area contributed by atoms with E-state index < -0.39 is 0 Å². The number of nitrogens with two attached hydrogens (primary N) is 1. The number of hydrogen-bond acceptors (Lipinski definition) is 3. The van der Waals surface area contributed by atoms with Crippen LogP contribution in [0.15, 0.2) is 24.3 Å². The van der Waals surface area contributed by atoms with Gasteiger partial charge >= 0.3 is 0 Å². The van der Waals surface area contributed by atoms with Crippen LogP contribution < -0.4 is 10.5 Å². The lowest BCUT2D eigenvalue weighted by Crippen LogP contribution is -2.08. The van der Waals surface area contributed by atoms with Gasteiger partial charge in [0.2, 0.25) is 0 Å². The van der Waals surface area contributed by atoms with Crippen LogP contribution in [0.25, 0.3) is 0 Å². The van der Waals surface area contributed by atoms with Crippen LogP contribution in [-0.2, 0) is 4.74 Å². The zero-order valence-corrected chi connectivity index (χ0v) is 9.92. The minimum Gasteiger partial charge on any atom is -0.497 e. The molecule has 0 spiro atoms. The van der Waals surface area contributed by atoms with E-state index in [1.165, 1.54) is 0 Å². The molecule has 2 N–H and O–H groups in total. The minimum absolute atomic E-state index is 0. The van der Waals surface area contributed by atoms with Crippen molar-refractivity contribution in [1.82, 2.24) is 0 Å². The fraction of sp³-hybridized carbons (Fsp3) is 0.455.